The van der Waals surface area contributed by atoms with Crippen LogP contribution in [0.25, 0.3) is 11.4 Å². The molecule has 0 radical (unpaired) electrons. The van der Waals surface area contributed by atoms with Crippen molar-refractivity contribution in [2.45, 2.75) is 37.9 Å². The third-order valence-corrected chi connectivity index (χ3v) is 5.46. The van der Waals surface area contributed by atoms with Crippen molar-refractivity contribution in [1.82, 2.24) is 29.4 Å². The Hall–Kier alpha value is -2.96. The van der Waals surface area contributed by atoms with Crippen LogP contribution in [0.2, 0.25) is 0 Å². The minimum atomic E-state index is 0.0260. The molecule has 2 atom stereocenters. The smallest absolute Gasteiger partial charge is 0.274 e. The van der Waals surface area contributed by atoms with Crippen LogP contribution in [0.5, 0.6) is 0 Å². The molecule has 2 aliphatic rings. The zero-order chi connectivity index (χ0) is 17.7. The molecule has 1 aromatic carbocycles. The van der Waals surface area contributed by atoms with Gasteiger partial charge in [0.05, 0.1) is 6.04 Å². The van der Waals surface area contributed by atoms with Gasteiger partial charge in [0.25, 0.3) is 5.91 Å². The Bertz CT molecular complexity index is 960. The quantitative estimate of drug-likeness (QED) is 0.709. The summed E-state index contributed by atoms with van der Waals surface area (Å²) >= 11 is 0. The molecule has 1 amide bonds. The minimum absolute atomic E-state index is 0.0260. The molecule has 0 aliphatic carbocycles. The van der Waals surface area contributed by atoms with Crippen LogP contribution in [0, 0.1) is 0 Å². The minimum Gasteiger partial charge on any atom is -0.329 e. The fraction of sp³-hybridized carbons (Fsp3) is 0.368. The highest BCUT2D eigenvalue weighted by Gasteiger charge is 2.42. The van der Waals surface area contributed by atoms with Crippen LogP contribution in [-0.4, -0.2) is 47.4 Å². The number of hydrogen-bond acceptors (Lipinski definition) is 4. The van der Waals surface area contributed by atoms with Crippen molar-refractivity contribution in [3.8, 4) is 11.4 Å². The van der Waals surface area contributed by atoms with Crippen LogP contribution in [0.4, 0.5) is 0 Å². The van der Waals surface area contributed by atoms with Gasteiger partial charge in [-0.15, -0.1) is 10.2 Å². The molecule has 1 saturated heterocycles. The maximum Gasteiger partial charge on any atom is 0.274 e. The van der Waals surface area contributed by atoms with E-state index < -0.39 is 0 Å². The highest BCUT2D eigenvalue weighted by molar-refractivity contribution is 5.93. The number of rotatable bonds is 2. The third kappa shape index (κ3) is 2.34. The van der Waals surface area contributed by atoms with Gasteiger partial charge >= 0.3 is 0 Å². The summed E-state index contributed by atoms with van der Waals surface area (Å²) in [7, 11) is 1.83. The maximum atomic E-state index is 13.1. The summed E-state index contributed by atoms with van der Waals surface area (Å²) in [6, 6.07) is 12.3. The highest BCUT2D eigenvalue weighted by Crippen LogP contribution is 2.34. The van der Waals surface area contributed by atoms with Gasteiger partial charge in [-0.3, -0.25) is 9.48 Å². The largest absolute Gasteiger partial charge is 0.329 e. The van der Waals surface area contributed by atoms with Crippen molar-refractivity contribution < 1.29 is 4.79 Å². The van der Waals surface area contributed by atoms with E-state index in [2.05, 4.69) is 32.0 Å². The van der Waals surface area contributed by atoms with E-state index >= 15 is 0 Å². The van der Waals surface area contributed by atoms with Gasteiger partial charge in [0, 0.05) is 37.8 Å². The maximum absolute atomic E-state index is 13.1. The molecule has 0 N–H and O–H groups in total. The number of carbonyl (C=O) groups excluding carboxylic acids is 1. The number of amides is 1. The standard InChI is InChI=1S/C19H20N6O/c1-23-10-9-16(22-23)19(26)25-14-7-8-15(25)12-24-17(11-14)20-21-18(24)13-5-3-2-4-6-13/h2-6,9-10,14-15H,7-8,11-12H2,1H3/t14-,15+/m0/s1. The Morgan fingerprint density at radius 3 is 2.65 bits per heavy atom. The molecule has 5 rings (SSSR count). The molecule has 0 unspecified atom stereocenters. The van der Waals surface area contributed by atoms with Crippen molar-refractivity contribution in [3.63, 3.8) is 0 Å². The van der Waals surface area contributed by atoms with Gasteiger partial charge in [-0.25, -0.2) is 0 Å². The van der Waals surface area contributed by atoms with Crippen LogP contribution < -0.4 is 0 Å². The van der Waals surface area contributed by atoms with Gasteiger partial charge in [0.15, 0.2) is 5.82 Å². The number of carbonyl (C=O) groups is 1. The Labute approximate surface area is 151 Å². The average molecular weight is 348 g/mol. The normalized spacial score (nSPS) is 21.5. The molecule has 26 heavy (non-hydrogen) atoms. The van der Waals surface area contributed by atoms with E-state index in [9.17, 15) is 4.79 Å². The van der Waals surface area contributed by atoms with Gasteiger partial charge in [0.1, 0.15) is 11.5 Å². The van der Waals surface area contributed by atoms with Gasteiger partial charge in [0.2, 0.25) is 0 Å². The number of aromatic nitrogens is 5. The van der Waals surface area contributed by atoms with Crippen molar-refractivity contribution in [2.24, 2.45) is 7.05 Å². The molecule has 7 heteroatoms. The predicted octanol–water partition coefficient (Wildman–Crippen LogP) is 1.91. The summed E-state index contributed by atoms with van der Waals surface area (Å²) in [6.45, 7) is 0.738. The molecule has 4 heterocycles. The van der Waals surface area contributed by atoms with E-state index in [0.29, 0.717) is 5.69 Å². The number of aryl methyl sites for hydroxylation is 1. The van der Waals surface area contributed by atoms with Crippen molar-refractivity contribution in [3.05, 3.63) is 54.1 Å². The molecule has 2 bridgehead atoms. The zero-order valence-electron chi connectivity index (χ0n) is 14.6. The molecular weight excluding hydrogens is 328 g/mol. The molecule has 2 aromatic heterocycles. The van der Waals surface area contributed by atoms with E-state index in [4.69, 9.17) is 0 Å². The van der Waals surface area contributed by atoms with E-state index in [-0.39, 0.29) is 18.0 Å². The lowest BCUT2D eigenvalue weighted by molar-refractivity contribution is 0.0659. The Balaban J connectivity index is 1.50. The van der Waals surface area contributed by atoms with Crippen LogP contribution in [0.15, 0.2) is 42.6 Å². The first-order valence-corrected chi connectivity index (χ1v) is 9.00. The third-order valence-electron chi connectivity index (χ3n) is 5.46. The number of fused-ring (bicyclic) bond motifs is 3. The second kappa shape index (κ2) is 5.79. The lowest BCUT2D eigenvalue weighted by Gasteiger charge is -2.27. The Morgan fingerprint density at radius 1 is 1.08 bits per heavy atom. The van der Waals surface area contributed by atoms with E-state index in [1.165, 1.54) is 0 Å². The Kier molecular flexibility index (Phi) is 3.41. The second-order valence-electron chi connectivity index (χ2n) is 7.09. The summed E-state index contributed by atoms with van der Waals surface area (Å²) in [5, 5.41) is 13.2. The summed E-state index contributed by atoms with van der Waals surface area (Å²) in [5.74, 6) is 1.88. The molecule has 2 aliphatic heterocycles. The fourth-order valence-corrected chi connectivity index (χ4v) is 4.23. The topological polar surface area (TPSA) is 68.8 Å². The highest BCUT2D eigenvalue weighted by atomic mass is 16.2. The summed E-state index contributed by atoms with van der Waals surface area (Å²) in [4.78, 5) is 15.1. The monoisotopic (exact) mass is 348 g/mol. The molecular formula is C19H20N6O. The average Bonchev–Trinajstić information content (AvgIpc) is 3.33. The Morgan fingerprint density at radius 2 is 1.88 bits per heavy atom. The summed E-state index contributed by atoms with van der Waals surface area (Å²) < 4.78 is 3.87. The van der Waals surface area contributed by atoms with Crippen LogP contribution >= 0.6 is 0 Å². The molecule has 132 valence electrons. The SMILES string of the molecule is Cn1ccc(C(=O)N2[C@@H]3CC[C@H]2Cc2nnc(-c4ccccc4)n2C3)n1. The van der Waals surface area contributed by atoms with Gasteiger partial charge < -0.3 is 9.47 Å². The van der Waals surface area contributed by atoms with Crippen molar-refractivity contribution in [2.75, 3.05) is 0 Å². The lowest BCUT2D eigenvalue weighted by atomic mass is 10.1. The summed E-state index contributed by atoms with van der Waals surface area (Å²) in [6.07, 6.45) is 4.58. The van der Waals surface area contributed by atoms with E-state index in [1.807, 2.05) is 36.3 Å². The first-order valence-electron chi connectivity index (χ1n) is 9.00. The van der Waals surface area contributed by atoms with Gasteiger partial charge in [-0.1, -0.05) is 30.3 Å². The number of nitrogens with zero attached hydrogens (tertiary/aromatic N) is 6. The molecule has 0 spiro atoms. The van der Waals surface area contributed by atoms with E-state index in [0.717, 1.165) is 43.0 Å². The van der Waals surface area contributed by atoms with Crippen molar-refractivity contribution in [1.29, 1.82) is 0 Å². The molecule has 1 fully saturated rings. The number of hydrogen-bond donors (Lipinski definition) is 0. The van der Waals surface area contributed by atoms with Gasteiger partial charge in [-0.2, -0.15) is 5.10 Å². The molecule has 7 nitrogen and oxygen atoms in total. The zero-order valence-corrected chi connectivity index (χ0v) is 14.6. The fourth-order valence-electron chi connectivity index (χ4n) is 4.23. The number of benzene rings is 1. The van der Waals surface area contributed by atoms with Gasteiger partial charge in [-0.05, 0) is 18.9 Å². The first-order chi connectivity index (χ1) is 12.7. The van der Waals surface area contributed by atoms with Crippen LogP contribution in [0.3, 0.4) is 0 Å². The van der Waals surface area contributed by atoms with E-state index in [1.54, 1.807) is 10.7 Å². The van der Waals surface area contributed by atoms with Crippen LogP contribution in [0.1, 0.15) is 29.2 Å². The predicted molar refractivity (Wildman–Crippen MR) is 95.3 cm³/mol. The summed E-state index contributed by atoms with van der Waals surface area (Å²) in [5.41, 5.74) is 1.58. The second-order valence-corrected chi connectivity index (χ2v) is 7.09. The first kappa shape index (κ1) is 15.3. The molecule has 3 aromatic rings. The van der Waals surface area contributed by atoms with Crippen LogP contribution in [-0.2, 0) is 20.0 Å². The van der Waals surface area contributed by atoms with Crippen molar-refractivity contribution >= 4 is 5.91 Å². The lowest BCUT2D eigenvalue weighted by Crippen LogP contribution is -2.42. The molecule has 0 saturated carbocycles.